The Morgan fingerprint density at radius 3 is 2.39 bits per heavy atom. The van der Waals surface area contributed by atoms with E-state index >= 15 is 0 Å². The number of carbonyl (C=O) groups excluding carboxylic acids is 1. The molecule has 0 radical (unpaired) electrons. The van der Waals surface area contributed by atoms with Gasteiger partial charge in [-0.15, -0.1) is 11.3 Å². The van der Waals surface area contributed by atoms with Gasteiger partial charge in [0.25, 0.3) is 5.91 Å². The number of aromatic nitrogens is 3. The van der Waals surface area contributed by atoms with E-state index in [0.717, 1.165) is 16.7 Å². The van der Waals surface area contributed by atoms with E-state index < -0.39 is 29.8 Å². The molecule has 0 atom stereocenters. The van der Waals surface area contributed by atoms with Gasteiger partial charge in [0.15, 0.2) is 11.6 Å². The molecule has 4 aromatic rings. The lowest BCUT2D eigenvalue weighted by Crippen LogP contribution is -2.16. The summed E-state index contributed by atoms with van der Waals surface area (Å²) in [5.41, 5.74) is -0.129. The molecule has 7 nitrogen and oxygen atoms in total. The van der Waals surface area contributed by atoms with Crippen molar-refractivity contribution in [3.8, 4) is 27.9 Å². The number of hydrogen-bond acceptors (Lipinski definition) is 6. The highest BCUT2D eigenvalue weighted by Gasteiger charge is 2.22. The molecule has 2 aromatic carbocycles. The van der Waals surface area contributed by atoms with Crippen molar-refractivity contribution < 1.29 is 31.8 Å². The summed E-state index contributed by atoms with van der Waals surface area (Å²) in [6.07, 6.45) is 2.87. The second-order valence-electron chi connectivity index (χ2n) is 6.45. The number of imidazole rings is 1. The van der Waals surface area contributed by atoms with Gasteiger partial charge in [-0.2, -0.15) is 8.78 Å². The van der Waals surface area contributed by atoms with Crippen LogP contribution in [0.3, 0.4) is 0 Å². The third-order valence-corrected chi connectivity index (χ3v) is 5.19. The number of ether oxygens (including phenoxy) is 2. The van der Waals surface area contributed by atoms with Gasteiger partial charge in [-0.25, -0.2) is 18.7 Å². The molecule has 0 fully saturated rings. The highest BCUT2D eigenvalue weighted by atomic mass is 32.1. The number of carbonyl (C=O) groups is 1. The van der Waals surface area contributed by atoms with Crippen LogP contribution in [0, 0.1) is 11.6 Å². The van der Waals surface area contributed by atoms with Crippen LogP contribution in [-0.2, 0) is 0 Å². The molecule has 0 saturated carbocycles. The molecule has 0 saturated heterocycles. The van der Waals surface area contributed by atoms with Crippen LogP contribution in [0.15, 0.2) is 54.2 Å². The molecule has 0 unspecified atom stereocenters. The van der Waals surface area contributed by atoms with Crippen molar-refractivity contribution in [3.05, 3.63) is 71.4 Å². The Bertz CT molecular complexity index is 1250. The Labute approximate surface area is 188 Å². The predicted octanol–water partition coefficient (Wildman–Crippen LogP) is 5.14. The molecule has 0 aliphatic rings. The summed E-state index contributed by atoms with van der Waals surface area (Å²) in [5, 5.41) is 4.65. The zero-order chi connectivity index (χ0) is 23.5. The number of thiazole rings is 1. The molecular weight excluding hydrogens is 464 g/mol. The van der Waals surface area contributed by atoms with Crippen LogP contribution >= 0.6 is 11.3 Å². The first-order chi connectivity index (χ1) is 15.9. The number of anilines is 1. The summed E-state index contributed by atoms with van der Waals surface area (Å²) in [7, 11) is 1.27. The first-order valence-electron chi connectivity index (χ1n) is 9.24. The number of hydrogen-bond donors (Lipinski definition) is 1. The minimum absolute atomic E-state index is 0.0225. The minimum atomic E-state index is -3.00. The third-order valence-electron chi connectivity index (χ3n) is 4.39. The van der Waals surface area contributed by atoms with E-state index in [2.05, 4.69) is 20.0 Å². The zero-order valence-electron chi connectivity index (χ0n) is 16.8. The highest BCUT2D eigenvalue weighted by molar-refractivity contribution is 7.13. The largest absolute Gasteiger partial charge is 0.497 e. The summed E-state index contributed by atoms with van der Waals surface area (Å²) in [4.78, 5) is 21.1. The SMILES string of the molecule is COc1cc(F)c(-n2cc(-c3nccs3)nc2NC(=O)c2ccc(OC(F)F)cc2)c(F)c1. The van der Waals surface area contributed by atoms with Crippen LogP contribution in [-0.4, -0.2) is 34.2 Å². The Hall–Kier alpha value is -3.93. The average molecular weight is 478 g/mol. The molecule has 0 aliphatic carbocycles. The molecule has 2 heterocycles. The summed E-state index contributed by atoms with van der Waals surface area (Å²) in [6, 6.07) is 6.89. The zero-order valence-corrected chi connectivity index (χ0v) is 17.6. The van der Waals surface area contributed by atoms with Gasteiger partial charge in [-0.1, -0.05) is 0 Å². The van der Waals surface area contributed by atoms with Crippen LogP contribution < -0.4 is 14.8 Å². The Kier molecular flexibility index (Phi) is 6.27. The maximum atomic E-state index is 14.8. The number of alkyl halides is 2. The molecule has 12 heteroatoms. The average Bonchev–Trinajstić information content (AvgIpc) is 3.44. The van der Waals surface area contributed by atoms with E-state index in [1.54, 1.807) is 5.38 Å². The van der Waals surface area contributed by atoms with Crippen molar-refractivity contribution in [1.29, 1.82) is 0 Å². The van der Waals surface area contributed by atoms with Crippen LogP contribution in [0.1, 0.15) is 10.4 Å². The Morgan fingerprint density at radius 2 is 1.82 bits per heavy atom. The second kappa shape index (κ2) is 9.28. The molecule has 1 N–H and O–H groups in total. The fourth-order valence-corrected chi connectivity index (χ4v) is 3.54. The fourth-order valence-electron chi connectivity index (χ4n) is 2.94. The number of halogens is 4. The molecule has 0 spiro atoms. The van der Waals surface area contributed by atoms with E-state index in [1.165, 1.54) is 55.1 Å². The Morgan fingerprint density at radius 1 is 1.12 bits per heavy atom. The van der Waals surface area contributed by atoms with E-state index in [1.807, 2.05) is 0 Å². The summed E-state index contributed by atoms with van der Waals surface area (Å²) < 4.78 is 64.3. The monoisotopic (exact) mass is 478 g/mol. The lowest BCUT2D eigenvalue weighted by Gasteiger charge is -2.12. The van der Waals surface area contributed by atoms with Gasteiger partial charge in [-0.3, -0.25) is 14.7 Å². The number of rotatable bonds is 7. The molecule has 4 rings (SSSR count). The predicted molar refractivity (Wildman–Crippen MR) is 112 cm³/mol. The molecule has 33 heavy (non-hydrogen) atoms. The van der Waals surface area contributed by atoms with Gasteiger partial charge in [-0.05, 0) is 24.3 Å². The summed E-state index contributed by atoms with van der Waals surface area (Å²) >= 11 is 1.25. The van der Waals surface area contributed by atoms with Crippen molar-refractivity contribution in [2.45, 2.75) is 6.61 Å². The molecule has 0 aliphatic heterocycles. The first-order valence-corrected chi connectivity index (χ1v) is 10.1. The lowest BCUT2D eigenvalue weighted by atomic mass is 10.2. The lowest BCUT2D eigenvalue weighted by molar-refractivity contribution is -0.0498. The summed E-state index contributed by atoms with van der Waals surface area (Å²) in [5.74, 6) is -2.91. The van der Waals surface area contributed by atoms with E-state index in [4.69, 9.17) is 4.74 Å². The Balaban J connectivity index is 1.71. The first kappa shape index (κ1) is 22.3. The number of benzene rings is 2. The van der Waals surface area contributed by atoms with E-state index in [0.29, 0.717) is 5.01 Å². The van der Waals surface area contributed by atoms with Crippen molar-refractivity contribution in [3.63, 3.8) is 0 Å². The van der Waals surface area contributed by atoms with Gasteiger partial charge < -0.3 is 9.47 Å². The number of nitrogens with zero attached hydrogens (tertiary/aromatic N) is 3. The number of methoxy groups -OCH3 is 1. The third kappa shape index (κ3) is 4.80. The van der Waals surface area contributed by atoms with Crippen molar-refractivity contribution in [2.75, 3.05) is 12.4 Å². The molecule has 2 aromatic heterocycles. The highest BCUT2D eigenvalue weighted by Crippen LogP contribution is 2.30. The van der Waals surface area contributed by atoms with Crippen LogP contribution in [0.5, 0.6) is 11.5 Å². The smallest absolute Gasteiger partial charge is 0.387 e. The molecular formula is C21H14F4N4O3S. The van der Waals surface area contributed by atoms with Crippen LogP contribution in [0.4, 0.5) is 23.5 Å². The van der Waals surface area contributed by atoms with Gasteiger partial charge in [0, 0.05) is 35.5 Å². The summed E-state index contributed by atoms with van der Waals surface area (Å²) in [6.45, 7) is -3.00. The quantitative estimate of drug-likeness (QED) is 0.373. The van der Waals surface area contributed by atoms with Crippen molar-refractivity contribution in [2.24, 2.45) is 0 Å². The van der Waals surface area contributed by atoms with Crippen LogP contribution in [0.25, 0.3) is 16.4 Å². The second-order valence-corrected chi connectivity index (χ2v) is 7.35. The fraction of sp³-hybridized carbons (Fsp3) is 0.0952. The van der Waals surface area contributed by atoms with Gasteiger partial charge >= 0.3 is 6.61 Å². The standard InChI is InChI=1S/C21H14F4N4O3S/c1-31-13-8-14(22)17(15(23)9-13)29-10-16(19-26-6-7-33-19)27-21(29)28-18(30)11-2-4-12(5-3-11)32-20(24)25/h2-10,20H,1H3,(H,27,28,30). The van der Waals surface area contributed by atoms with Gasteiger partial charge in [0.1, 0.15) is 27.9 Å². The van der Waals surface area contributed by atoms with E-state index in [9.17, 15) is 22.4 Å². The van der Waals surface area contributed by atoms with Crippen molar-refractivity contribution >= 4 is 23.2 Å². The number of nitrogens with one attached hydrogen (secondary N) is 1. The van der Waals surface area contributed by atoms with E-state index in [-0.39, 0.29) is 28.7 Å². The number of amides is 1. The van der Waals surface area contributed by atoms with Crippen LogP contribution in [0.2, 0.25) is 0 Å². The maximum absolute atomic E-state index is 14.8. The topological polar surface area (TPSA) is 78.3 Å². The molecule has 170 valence electrons. The van der Waals surface area contributed by atoms with Gasteiger partial charge in [0.2, 0.25) is 5.95 Å². The molecule has 1 amide bonds. The minimum Gasteiger partial charge on any atom is -0.497 e. The van der Waals surface area contributed by atoms with Gasteiger partial charge in [0.05, 0.1) is 7.11 Å². The normalized spacial score (nSPS) is 11.0. The van der Waals surface area contributed by atoms with Crippen molar-refractivity contribution in [1.82, 2.24) is 14.5 Å². The maximum Gasteiger partial charge on any atom is 0.387 e. The molecule has 0 bridgehead atoms.